The minimum absolute atomic E-state index is 0.0376. The molecule has 1 aromatic rings. The molecule has 1 N–H and O–H groups in total. The first-order valence-electron chi connectivity index (χ1n) is 7.72. The fraction of sp³-hybridized carbons (Fsp3) is 0.471. The van der Waals surface area contributed by atoms with Gasteiger partial charge in [0.1, 0.15) is 5.75 Å². The van der Waals surface area contributed by atoms with Gasteiger partial charge < -0.3 is 14.7 Å². The summed E-state index contributed by atoms with van der Waals surface area (Å²) in [6.07, 6.45) is -0.455. The Bertz CT molecular complexity index is 638. The zero-order valence-electron chi connectivity index (χ0n) is 13.5. The van der Waals surface area contributed by atoms with Crippen LogP contribution in [-0.4, -0.2) is 35.4 Å². The number of amides is 1. The van der Waals surface area contributed by atoms with Crippen molar-refractivity contribution in [2.75, 3.05) is 11.4 Å². The quantitative estimate of drug-likeness (QED) is 0.814. The third-order valence-electron chi connectivity index (χ3n) is 3.81. The molecule has 1 aromatic carbocycles. The molecule has 2 rings (SSSR count). The number of anilines is 1. The molecule has 0 aromatic heterocycles. The number of ketones is 1. The van der Waals surface area contributed by atoms with E-state index in [0.29, 0.717) is 23.4 Å². The highest BCUT2D eigenvalue weighted by atomic mass is 16.5. The largest absolute Gasteiger partial charge is 0.481 e. The summed E-state index contributed by atoms with van der Waals surface area (Å²) in [6, 6.07) is 4.96. The van der Waals surface area contributed by atoms with Crippen LogP contribution in [0.25, 0.3) is 0 Å². The first-order valence-corrected chi connectivity index (χ1v) is 7.72. The molecule has 1 aliphatic heterocycles. The highest BCUT2D eigenvalue weighted by Gasteiger charge is 2.36. The number of rotatable bonds is 6. The van der Waals surface area contributed by atoms with Gasteiger partial charge in [-0.15, -0.1) is 0 Å². The fourth-order valence-electron chi connectivity index (χ4n) is 2.52. The third kappa shape index (κ3) is 3.52. The van der Waals surface area contributed by atoms with Gasteiger partial charge in [-0.1, -0.05) is 20.8 Å². The van der Waals surface area contributed by atoms with Crippen molar-refractivity contribution in [3.8, 4) is 5.75 Å². The Balaban J connectivity index is 2.43. The zero-order chi connectivity index (χ0) is 17.1. The van der Waals surface area contributed by atoms with Crippen LogP contribution in [-0.2, 0) is 9.59 Å². The molecule has 6 heteroatoms. The maximum atomic E-state index is 12.6. The van der Waals surface area contributed by atoms with Gasteiger partial charge in [-0.2, -0.15) is 0 Å². The van der Waals surface area contributed by atoms with Crippen LogP contribution in [0.15, 0.2) is 18.2 Å². The number of hydrogen-bond donors (Lipinski definition) is 1. The molecule has 0 saturated carbocycles. The van der Waals surface area contributed by atoms with E-state index in [0.717, 1.165) is 0 Å². The lowest BCUT2D eigenvalue weighted by molar-refractivity contribution is -0.136. The minimum Gasteiger partial charge on any atom is -0.481 e. The van der Waals surface area contributed by atoms with E-state index in [1.807, 2.05) is 13.8 Å². The van der Waals surface area contributed by atoms with Crippen molar-refractivity contribution in [3.63, 3.8) is 0 Å². The Morgan fingerprint density at radius 3 is 2.61 bits per heavy atom. The predicted molar refractivity (Wildman–Crippen MR) is 84.9 cm³/mol. The van der Waals surface area contributed by atoms with E-state index in [2.05, 4.69) is 0 Å². The summed E-state index contributed by atoms with van der Waals surface area (Å²) >= 11 is 0. The van der Waals surface area contributed by atoms with Crippen LogP contribution >= 0.6 is 0 Å². The molecule has 1 heterocycles. The number of ether oxygens (including phenoxy) is 1. The molecule has 6 nitrogen and oxygen atoms in total. The lowest BCUT2D eigenvalue weighted by atomic mass is 10.0. The summed E-state index contributed by atoms with van der Waals surface area (Å²) in [7, 11) is 0. The van der Waals surface area contributed by atoms with Crippen molar-refractivity contribution in [2.24, 2.45) is 5.92 Å². The Morgan fingerprint density at radius 2 is 2.04 bits per heavy atom. The zero-order valence-corrected chi connectivity index (χ0v) is 13.5. The van der Waals surface area contributed by atoms with Crippen molar-refractivity contribution in [3.05, 3.63) is 23.8 Å². The van der Waals surface area contributed by atoms with E-state index in [9.17, 15) is 14.4 Å². The summed E-state index contributed by atoms with van der Waals surface area (Å²) in [5.41, 5.74) is 0.957. The van der Waals surface area contributed by atoms with Crippen LogP contribution in [0.1, 0.15) is 44.0 Å². The van der Waals surface area contributed by atoms with Gasteiger partial charge in [-0.25, -0.2) is 0 Å². The van der Waals surface area contributed by atoms with Gasteiger partial charge in [0.05, 0.1) is 12.1 Å². The van der Waals surface area contributed by atoms with Crippen molar-refractivity contribution >= 4 is 23.3 Å². The van der Waals surface area contributed by atoms with Gasteiger partial charge in [-0.05, 0) is 24.1 Å². The number of benzene rings is 1. The molecular formula is C17H21NO5. The van der Waals surface area contributed by atoms with E-state index in [-0.39, 0.29) is 30.6 Å². The molecule has 23 heavy (non-hydrogen) atoms. The highest BCUT2D eigenvalue weighted by Crippen LogP contribution is 2.36. The summed E-state index contributed by atoms with van der Waals surface area (Å²) < 4.78 is 5.76. The van der Waals surface area contributed by atoms with Crippen LogP contribution in [0.3, 0.4) is 0 Å². The Labute approximate surface area is 135 Å². The lowest BCUT2D eigenvalue weighted by Crippen LogP contribution is -2.49. The molecule has 124 valence electrons. The van der Waals surface area contributed by atoms with Crippen LogP contribution < -0.4 is 9.64 Å². The summed E-state index contributed by atoms with van der Waals surface area (Å²) in [4.78, 5) is 36.8. The molecule has 1 amide bonds. The van der Waals surface area contributed by atoms with E-state index in [1.165, 1.54) is 4.90 Å². The number of carbonyl (C=O) groups excluding carboxylic acids is 2. The molecule has 0 fully saturated rings. The maximum absolute atomic E-state index is 12.6. The van der Waals surface area contributed by atoms with Crippen LogP contribution in [0.4, 0.5) is 5.69 Å². The number of aliphatic carboxylic acids is 1. The molecule has 0 aliphatic carbocycles. The first-order chi connectivity index (χ1) is 10.8. The number of hydrogen-bond acceptors (Lipinski definition) is 4. The number of carbonyl (C=O) groups is 3. The number of carboxylic acid groups (broad SMARTS) is 1. The van der Waals surface area contributed by atoms with Crippen molar-refractivity contribution < 1.29 is 24.2 Å². The van der Waals surface area contributed by atoms with Crippen LogP contribution in [0.5, 0.6) is 5.75 Å². The van der Waals surface area contributed by atoms with E-state index in [1.54, 1.807) is 25.1 Å². The molecular weight excluding hydrogens is 298 g/mol. The average Bonchev–Trinajstić information content (AvgIpc) is 2.51. The molecule has 1 unspecified atom stereocenters. The summed E-state index contributed by atoms with van der Waals surface area (Å²) in [5, 5.41) is 8.91. The van der Waals surface area contributed by atoms with E-state index < -0.39 is 12.1 Å². The Kier molecular flexibility index (Phi) is 5.03. The van der Waals surface area contributed by atoms with E-state index in [4.69, 9.17) is 9.84 Å². The third-order valence-corrected chi connectivity index (χ3v) is 3.81. The fourth-order valence-corrected chi connectivity index (χ4v) is 2.52. The predicted octanol–water partition coefficient (Wildman–Crippen LogP) is 2.50. The minimum atomic E-state index is -0.979. The van der Waals surface area contributed by atoms with Gasteiger partial charge in [0.2, 0.25) is 0 Å². The first kappa shape index (κ1) is 17.0. The van der Waals surface area contributed by atoms with Gasteiger partial charge >= 0.3 is 5.97 Å². The van der Waals surface area contributed by atoms with Gasteiger partial charge in [-0.3, -0.25) is 14.4 Å². The summed E-state index contributed by atoms with van der Waals surface area (Å²) in [6.45, 7) is 5.56. The molecule has 0 radical (unpaired) electrons. The monoisotopic (exact) mass is 319 g/mol. The second kappa shape index (κ2) is 6.81. The maximum Gasteiger partial charge on any atom is 0.305 e. The molecule has 0 spiro atoms. The normalized spacial score (nSPS) is 17.0. The summed E-state index contributed by atoms with van der Waals surface area (Å²) in [5.74, 6) is -0.826. The standard InChI is InChI=1S/C17H21NO5/c1-4-13(19)11-5-6-14-12(9-11)18(8-7-15(20)21)17(22)16(23-14)10(2)3/h5-6,9-10,16H,4,7-8H2,1-3H3,(H,20,21). The Hall–Kier alpha value is -2.37. The highest BCUT2D eigenvalue weighted by molar-refractivity contribution is 6.03. The molecule has 1 aliphatic rings. The second-order valence-electron chi connectivity index (χ2n) is 5.88. The average molecular weight is 319 g/mol. The molecule has 1 atom stereocenters. The van der Waals surface area contributed by atoms with Gasteiger partial charge in [0, 0.05) is 18.5 Å². The van der Waals surface area contributed by atoms with Crippen LogP contribution in [0, 0.1) is 5.92 Å². The van der Waals surface area contributed by atoms with Crippen molar-refractivity contribution in [1.82, 2.24) is 0 Å². The topological polar surface area (TPSA) is 83.9 Å². The SMILES string of the molecule is CCC(=O)c1ccc2c(c1)N(CCC(=O)O)C(=O)C(C(C)C)O2. The Morgan fingerprint density at radius 1 is 1.35 bits per heavy atom. The molecule has 0 bridgehead atoms. The van der Waals surface area contributed by atoms with Crippen molar-refractivity contribution in [1.29, 1.82) is 0 Å². The van der Waals surface area contributed by atoms with Crippen LogP contribution in [0.2, 0.25) is 0 Å². The smallest absolute Gasteiger partial charge is 0.305 e. The van der Waals surface area contributed by atoms with Gasteiger partial charge in [0.25, 0.3) is 5.91 Å². The second-order valence-corrected chi connectivity index (χ2v) is 5.88. The van der Waals surface area contributed by atoms with E-state index >= 15 is 0 Å². The van der Waals surface area contributed by atoms with Crippen molar-refractivity contribution in [2.45, 2.75) is 39.7 Å². The number of Topliss-reactive ketones (excluding diaryl/α,β-unsaturated/α-hetero) is 1. The number of fused-ring (bicyclic) bond motifs is 1. The number of nitrogens with zero attached hydrogens (tertiary/aromatic N) is 1. The number of carboxylic acids is 1. The lowest BCUT2D eigenvalue weighted by Gasteiger charge is -2.36. The molecule has 0 saturated heterocycles. The van der Waals surface area contributed by atoms with Gasteiger partial charge in [0.15, 0.2) is 11.9 Å².